The second-order valence-corrected chi connectivity index (χ2v) is 5.40. The Labute approximate surface area is 123 Å². The van der Waals surface area contributed by atoms with E-state index in [2.05, 4.69) is 22.2 Å². The first-order valence-corrected chi connectivity index (χ1v) is 7.18. The van der Waals surface area contributed by atoms with Gasteiger partial charge in [0.2, 0.25) is 0 Å². The molecule has 0 saturated carbocycles. The third kappa shape index (κ3) is 5.42. The zero-order valence-corrected chi connectivity index (χ0v) is 12.0. The van der Waals surface area contributed by atoms with Crippen LogP contribution in [0, 0.1) is 5.92 Å². The Balaban J connectivity index is 1.84. The third-order valence-electron chi connectivity index (χ3n) is 3.70. The van der Waals surface area contributed by atoms with E-state index in [1.807, 2.05) is 6.92 Å². The van der Waals surface area contributed by atoms with Crippen LogP contribution >= 0.6 is 0 Å². The highest BCUT2D eigenvalue weighted by Crippen LogP contribution is 2.25. The SMILES string of the molecule is CC(NCC1CC=CCC1)c1ccc(OC(F)(F)F)cc1. The summed E-state index contributed by atoms with van der Waals surface area (Å²) in [7, 11) is 0. The Morgan fingerprint density at radius 1 is 1.24 bits per heavy atom. The lowest BCUT2D eigenvalue weighted by Crippen LogP contribution is -2.26. The van der Waals surface area contributed by atoms with Gasteiger partial charge in [0.1, 0.15) is 5.75 Å². The molecule has 2 rings (SSSR count). The van der Waals surface area contributed by atoms with Crippen molar-refractivity contribution in [3.63, 3.8) is 0 Å². The van der Waals surface area contributed by atoms with Crippen LogP contribution < -0.4 is 10.1 Å². The van der Waals surface area contributed by atoms with Crippen LogP contribution in [0.2, 0.25) is 0 Å². The molecule has 0 radical (unpaired) electrons. The van der Waals surface area contributed by atoms with E-state index in [-0.39, 0.29) is 11.8 Å². The van der Waals surface area contributed by atoms with Crippen molar-refractivity contribution >= 4 is 0 Å². The zero-order valence-electron chi connectivity index (χ0n) is 12.0. The monoisotopic (exact) mass is 299 g/mol. The number of allylic oxidation sites excluding steroid dienone is 2. The van der Waals surface area contributed by atoms with Gasteiger partial charge in [-0.2, -0.15) is 0 Å². The van der Waals surface area contributed by atoms with Crippen molar-refractivity contribution in [2.45, 2.75) is 38.6 Å². The standard InChI is InChI=1S/C16H20F3NO/c1-12(20-11-13-5-3-2-4-6-13)14-7-9-15(10-8-14)21-16(17,18)19/h2-3,7-10,12-13,20H,4-6,11H2,1H3. The topological polar surface area (TPSA) is 21.3 Å². The molecule has 2 nitrogen and oxygen atoms in total. The van der Waals surface area contributed by atoms with Gasteiger partial charge >= 0.3 is 6.36 Å². The lowest BCUT2D eigenvalue weighted by Gasteiger charge is -2.22. The van der Waals surface area contributed by atoms with Crippen LogP contribution in [0.15, 0.2) is 36.4 Å². The van der Waals surface area contributed by atoms with Crippen molar-refractivity contribution in [2.75, 3.05) is 6.54 Å². The minimum absolute atomic E-state index is 0.107. The molecule has 0 aromatic heterocycles. The first kappa shape index (κ1) is 15.9. The molecule has 0 spiro atoms. The van der Waals surface area contributed by atoms with Gasteiger partial charge in [0.25, 0.3) is 0 Å². The van der Waals surface area contributed by atoms with E-state index in [0.717, 1.165) is 24.9 Å². The number of ether oxygens (including phenoxy) is 1. The van der Waals surface area contributed by atoms with Crippen molar-refractivity contribution in [1.82, 2.24) is 5.32 Å². The van der Waals surface area contributed by atoms with E-state index in [4.69, 9.17) is 0 Å². The maximum Gasteiger partial charge on any atom is 0.573 e. The first-order valence-electron chi connectivity index (χ1n) is 7.18. The van der Waals surface area contributed by atoms with E-state index in [1.54, 1.807) is 12.1 Å². The molecule has 5 heteroatoms. The van der Waals surface area contributed by atoms with Crippen LogP contribution in [0.1, 0.15) is 37.8 Å². The van der Waals surface area contributed by atoms with E-state index in [0.29, 0.717) is 5.92 Å². The lowest BCUT2D eigenvalue weighted by atomic mass is 9.94. The predicted octanol–water partition coefficient (Wildman–Crippen LogP) is 4.59. The van der Waals surface area contributed by atoms with E-state index >= 15 is 0 Å². The summed E-state index contributed by atoms with van der Waals surface area (Å²) in [6.45, 7) is 2.94. The quantitative estimate of drug-likeness (QED) is 0.803. The molecule has 0 bridgehead atoms. The van der Waals surface area contributed by atoms with Crippen LogP contribution in [-0.2, 0) is 0 Å². The number of alkyl halides is 3. The van der Waals surface area contributed by atoms with Crippen molar-refractivity contribution in [3.8, 4) is 5.75 Å². The molecule has 1 aliphatic carbocycles. The molecule has 1 aromatic rings. The Morgan fingerprint density at radius 3 is 2.52 bits per heavy atom. The predicted molar refractivity (Wildman–Crippen MR) is 76.0 cm³/mol. The van der Waals surface area contributed by atoms with Crippen LogP contribution in [0.5, 0.6) is 5.75 Å². The highest BCUT2D eigenvalue weighted by atomic mass is 19.4. The molecule has 1 aliphatic rings. The number of nitrogens with one attached hydrogen (secondary N) is 1. The van der Waals surface area contributed by atoms with E-state index < -0.39 is 6.36 Å². The molecule has 0 heterocycles. The molecular weight excluding hydrogens is 279 g/mol. The molecule has 2 unspecified atom stereocenters. The normalized spacial score (nSPS) is 20.3. The van der Waals surface area contributed by atoms with Gasteiger partial charge in [-0.15, -0.1) is 13.2 Å². The van der Waals surface area contributed by atoms with Crippen LogP contribution in [0.25, 0.3) is 0 Å². The number of hydrogen-bond acceptors (Lipinski definition) is 2. The van der Waals surface area contributed by atoms with Gasteiger partial charge in [-0.05, 0) is 56.3 Å². The maximum absolute atomic E-state index is 12.1. The molecule has 21 heavy (non-hydrogen) atoms. The summed E-state index contributed by atoms with van der Waals surface area (Å²) in [6.07, 6.45) is 3.19. The highest BCUT2D eigenvalue weighted by molar-refractivity contribution is 5.29. The molecule has 1 aromatic carbocycles. The molecule has 2 atom stereocenters. The number of rotatable bonds is 5. The largest absolute Gasteiger partial charge is 0.573 e. The van der Waals surface area contributed by atoms with Gasteiger partial charge in [-0.1, -0.05) is 24.3 Å². The minimum atomic E-state index is -4.64. The fourth-order valence-corrected chi connectivity index (χ4v) is 2.46. The fourth-order valence-electron chi connectivity index (χ4n) is 2.46. The number of halogens is 3. The Kier molecular flexibility index (Phi) is 5.28. The van der Waals surface area contributed by atoms with Crippen molar-refractivity contribution in [2.24, 2.45) is 5.92 Å². The minimum Gasteiger partial charge on any atom is -0.406 e. The fraction of sp³-hybridized carbons (Fsp3) is 0.500. The summed E-state index contributed by atoms with van der Waals surface area (Å²) in [4.78, 5) is 0. The molecule has 0 amide bonds. The van der Waals surface area contributed by atoms with Gasteiger partial charge in [0.05, 0.1) is 0 Å². The Hall–Kier alpha value is -1.49. The van der Waals surface area contributed by atoms with Gasteiger partial charge < -0.3 is 10.1 Å². The Bertz CT molecular complexity index is 467. The van der Waals surface area contributed by atoms with Gasteiger partial charge in [0.15, 0.2) is 0 Å². The second kappa shape index (κ2) is 6.98. The van der Waals surface area contributed by atoms with Crippen molar-refractivity contribution in [1.29, 1.82) is 0 Å². The van der Waals surface area contributed by atoms with Crippen LogP contribution in [0.3, 0.4) is 0 Å². The van der Waals surface area contributed by atoms with E-state index in [9.17, 15) is 13.2 Å². The zero-order chi connectivity index (χ0) is 15.3. The highest BCUT2D eigenvalue weighted by Gasteiger charge is 2.31. The summed E-state index contributed by atoms with van der Waals surface area (Å²) in [6, 6.07) is 6.14. The van der Waals surface area contributed by atoms with Crippen LogP contribution in [0.4, 0.5) is 13.2 Å². The molecule has 0 fully saturated rings. The average Bonchev–Trinajstić information content (AvgIpc) is 2.45. The molecule has 0 saturated heterocycles. The smallest absolute Gasteiger partial charge is 0.406 e. The summed E-state index contributed by atoms with van der Waals surface area (Å²) in [5.41, 5.74) is 0.955. The number of hydrogen-bond donors (Lipinski definition) is 1. The average molecular weight is 299 g/mol. The van der Waals surface area contributed by atoms with Gasteiger partial charge in [-0.25, -0.2) is 0 Å². The second-order valence-electron chi connectivity index (χ2n) is 5.40. The summed E-state index contributed by atoms with van der Waals surface area (Å²) >= 11 is 0. The summed E-state index contributed by atoms with van der Waals surface area (Å²) in [5.74, 6) is 0.459. The van der Waals surface area contributed by atoms with Crippen molar-refractivity contribution in [3.05, 3.63) is 42.0 Å². The Morgan fingerprint density at radius 2 is 1.95 bits per heavy atom. The summed E-state index contributed by atoms with van der Waals surface area (Å²) < 4.78 is 40.1. The number of benzene rings is 1. The van der Waals surface area contributed by atoms with Crippen LogP contribution in [-0.4, -0.2) is 12.9 Å². The van der Waals surface area contributed by atoms with Crippen molar-refractivity contribution < 1.29 is 17.9 Å². The molecular formula is C16H20F3NO. The molecule has 0 aliphatic heterocycles. The molecule has 116 valence electrons. The lowest BCUT2D eigenvalue weighted by molar-refractivity contribution is -0.274. The van der Waals surface area contributed by atoms with E-state index in [1.165, 1.54) is 18.6 Å². The van der Waals surface area contributed by atoms with Gasteiger partial charge in [-0.3, -0.25) is 0 Å². The maximum atomic E-state index is 12.1. The van der Waals surface area contributed by atoms with Gasteiger partial charge in [0, 0.05) is 6.04 Å². The molecule has 1 N–H and O–H groups in total. The first-order chi connectivity index (χ1) is 9.94. The summed E-state index contributed by atoms with van der Waals surface area (Å²) in [5, 5.41) is 3.44. The third-order valence-corrected chi connectivity index (χ3v) is 3.70.